The fourth-order valence-corrected chi connectivity index (χ4v) is 4.98. The van der Waals surface area contributed by atoms with Crippen molar-refractivity contribution in [3.63, 3.8) is 0 Å². The summed E-state index contributed by atoms with van der Waals surface area (Å²) in [6.45, 7) is 6.08. The number of hydrogen-bond acceptors (Lipinski definition) is 3. The molecule has 4 nitrogen and oxygen atoms in total. The van der Waals surface area contributed by atoms with E-state index in [-0.39, 0.29) is 9.65 Å². The Kier molecular flexibility index (Phi) is 6.64. The molecular formula is C21H21Br2Cl2FN4. The van der Waals surface area contributed by atoms with E-state index in [4.69, 9.17) is 23.2 Å². The van der Waals surface area contributed by atoms with Crippen molar-refractivity contribution in [2.75, 3.05) is 18.0 Å². The van der Waals surface area contributed by atoms with Crippen LogP contribution in [0.3, 0.4) is 0 Å². The SMILES string of the molecule is CC1CCN(c2c(-c3ccc(F)cc3Cl)c(Cl)nc3c(C(Br)C(C)Br)cnn23)CC1. The Hall–Kier alpha value is -0.890. The summed E-state index contributed by atoms with van der Waals surface area (Å²) in [6.07, 6.45) is 3.97. The van der Waals surface area contributed by atoms with Crippen LogP contribution in [0.4, 0.5) is 10.2 Å². The van der Waals surface area contributed by atoms with E-state index < -0.39 is 5.82 Å². The molecule has 1 aliphatic rings. The maximum Gasteiger partial charge on any atom is 0.163 e. The molecule has 1 aliphatic heterocycles. The monoisotopic (exact) mass is 576 g/mol. The lowest BCUT2D eigenvalue weighted by Gasteiger charge is -2.33. The zero-order valence-electron chi connectivity index (χ0n) is 16.5. The molecule has 0 saturated carbocycles. The van der Waals surface area contributed by atoms with Gasteiger partial charge in [0.05, 0.1) is 21.6 Å². The fraction of sp³-hybridized carbons (Fsp3) is 0.429. The van der Waals surface area contributed by atoms with E-state index in [1.807, 2.05) is 10.7 Å². The summed E-state index contributed by atoms with van der Waals surface area (Å²) in [5.41, 5.74) is 2.97. The van der Waals surface area contributed by atoms with Gasteiger partial charge in [-0.05, 0) is 37.0 Å². The van der Waals surface area contributed by atoms with E-state index in [2.05, 4.69) is 60.7 Å². The van der Waals surface area contributed by atoms with Crippen molar-refractivity contribution in [2.24, 2.45) is 5.92 Å². The Bertz CT molecular complexity index is 1080. The third-order valence-electron chi connectivity index (χ3n) is 5.59. The summed E-state index contributed by atoms with van der Waals surface area (Å²) in [5.74, 6) is 1.12. The van der Waals surface area contributed by atoms with E-state index in [0.717, 1.165) is 37.3 Å². The number of alkyl halides is 2. The number of piperidine rings is 1. The predicted molar refractivity (Wildman–Crippen MR) is 129 cm³/mol. The molecule has 1 saturated heterocycles. The van der Waals surface area contributed by atoms with Crippen molar-refractivity contribution in [2.45, 2.75) is 36.3 Å². The molecule has 4 rings (SSSR count). The number of hydrogen-bond donors (Lipinski definition) is 0. The molecule has 0 bridgehead atoms. The molecule has 2 unspecified atom stereocenters. The van der Waals surface area contributed by atoms with Gasteiger partial charge in [-0.3, -0.25) is 0 Å². The highest BCUT2D eigenvalue weighted by Crippen LogP contribution is 2.43. The molecule has 1 fully saturated rings. The molecule has 2 aromatic heterocycles. The second-order valence-corrected chi connectivity index (χ2v) is 11.0. The lowest BCUT2D eigenvalue weighted by Crippen LogP contribution is -2.35. The molecular weight excluding hydrogens is 558 g/mol. The van der Waals surface area contributed by atoms with E-state index in [1.165, 1.54) is 12.1 Å². The van der Waals surface area contributed by atoms with Gasteiger partial charge in [-0.1, -0.05) is 68.9 Å². The van der Waals surface area contributed by atoms with E-state index in [0.29, 0.717) is 32.9 Å². The second-order valence-electron chi connectivity index (χ2n) is 7.81. The Morgan fingerprint density at radius 3 is 2.53 bits per heavy atom. The average Bonchev–Trinajstić information content (AvgIpc) is 3.11. The van der Waals surface area contributed by atoms with Gasteiger partial charge < -0.3 is 4.90 Å². The van der Waals surface area contributed by atoms with Crippen LogP contribution in [-0.2, 0) is 0 Å². The van der Waals surface area contributed by atoms with E-state index in [1.54, 1.807) is 6.07 Å². The van der Waals surface area contributed by atoms with Crippen molar-refractivity contribution >= 4 is 66.5 Å². The molecule has 0 spiro atoms. The van der Waals surface area contributed by atoms with Gasteiger partial charge in [0.25, 0.3) is 0 Å². The van der Waals surface area contributed by atoms with Gasteiger partial charge in [0.15, 0.2) is 5.65 Å². The van der Waals surface area contributed by atoms with Crippen LogP contribution in [0.1, 0.15) is 37.1 Å². The van der Waals surface area contributed by atoms with Crippen LogP contribution in [0.5, 0.6) is 0 Å². The minimum absolute atomic E-state index is 0.0213. The second kappa shape index (κ2) is 8.93. The molecule has 30 heavy (non-hydrogen) atoms. The smallest absolute Gasteiger partial charge is 0.163 e. The Morgan fingerprint density at radius 1 is 1.20 bits per heavy atom. The number of halogens is 5. The summed E-state index contributed by atoms with van der Waals surface area (Å²) in [4.78, 5) is 7.17. The standard InChI is InChI=1S/C21H21Br2Cl2FN4/c1-11-5-7-29(8-6-11)21-17(14-4-3-13(26)9-16(14)24)19(25)28-20-15(10-27-30(20)21)18(23)12(2)22/h3-4,9-12,18H,5-8H2,1-2H3. The van der Waals surface area contributed by atoms with E-state index >= 15 is 0 Å². The minimum atomic E-state index is -0.392. The van der Waals surface area contributed by atoms with Gasteiger partial charge in [0.2, 0.25) is 0 Å². The largest absolute Gasteiger partial charge is 0.356 e. The van der Waals surface area contributed by atoms with Crippen LogP contribution in [-0.4, -0.2) is 32.5 Å². The Morgan fingerprint density at radius 2 is 1.90 bits per heavy atom. The first-order valence-electron chi connectivity index (χ1n) is 9.83. The maximum atomic E-state index is 13.7. The molecule has 0 N–H and O–H groups in total. The number of aromatic nitrogens is 3. The van der Waals surface area contributed by atoms with Crippen molar-refractivity contribution in [1.82, 2.24) is 14.6 Å². The summed E-state index contributed by atoms with van der Waals surface area (Å²) >= 11 is 20.5. The quantitative estimate of drug-likeness (QED) is 0.241. The first-order valence-corrected chi connectivity index (χ1v) is 12.4. The molecule has 9 heteroatoms. The number of fused-ring (bicyclic) bond motifs is 1. The molecule has 3 heterocycles. The highest BCUT2D eigenvalue weighted by molar-refractivity contribution is 9.12. The summed E-state index contributed by atoms with van der Waals surface area (Å²) in [7, 11) is 0. The summed E-state index contributed by atoms with van der Waals surface area (Å²) in [6, 6.07) is 4.34. The Balaban J connectivity index is 1.98. The number of anilines is 1. The van der Waals surface area contributed by atoms with Crippen LogP contribution in [0.25, 0.3) is 16.8 Å². The van der Waals surface area contributed by atoms with E-state index in [9.17, 15) is 4.39 Å². The molecule has 0 aliphatic carbocycles. The van der Waals surface area contributed by atoms with Gasteiger partial charge in [-0.25, -0.2) is 9.37 Å². The van der Waals surface area contributed by atoms with Gasteiger partial charge in [0, 0.05) is 29.0 Å². The predicted octanol–water partition coefficient (Wildman–Crippen LogP) is 7.30. The zero-order chi connectivity index (χ0) is 21.6. The first kappa shape index (κ1) is 22.3. The normalized spacial score (nSPS) is 17.5. The third kappa shape index (κ3) is 4.10. The minimum Gasteiger partial charge on any atom is -0.356 e. The number of rotatable bonds is 4. The lowest BCUT2D eigenvalue weighted by atomic mass is 9.98. The summed E-state index contributed by atoms with van der Waals surface area (Å²) in [5, 5.41) is 5.30. The molecule has 2 atom stereocenters. The topological polar surface area (TPSA) is 33.4 Å². The lowest BCUT2D eigenvalue weighted by molar-refractivity contribution is 0.435. The number of benzene rings is 1. The molecule has 3 aromatic rings. The summed E-state index contributed by atoms with van der Waals surface area (Å²) < 4.78 is 15.6. The Labute approximate surface area is 202 Å². The molecule has 160 valence electrons. The average molecular weight is 579 g/mol. The van der Waals surface area contributed by atoms with Gasteiger partial charge in [0.1, 0.15) is 16.8 Å². The van der Waals surface area contributed by atoms with Gasteiger partial charge >= 0.3 is 0 Å². The van der Waals surface area contributed by atoms with Crippen molar-refractivity contribution in [3.05, 3.63) is 46.0 Å². The van der Waals surface area contributed by atoms with Crippen molar-refractivity contribution in [1.29, 1.82) is 0 Å². The third-order valence-corrected chi connectivity index (χ3v) is 8.70. The zero-order valence-corrected chi connectivity index (χ0v) is 21.2. The molecule has 1 aromatic carbocycles. The highest BCUT2D eigenvalue weighted by atomic mass is 79.9. The van der Waals surface area contributed by atoms with Crippen LogP contribution < -0.4 is 4.90 Å². The van der Waals surface area contributed by atoms with Gasteiger partial charge in [-0.15, -0.1) is 0 Å². The van der Waals surface area contributed by atoms with Crippen LogP contribution in [0, 0.1) is 11.7 Å². The van der Waals surface area contributed by atoms with Crippen molar-refractivity contribution < 1.29 is 4.39 Å². The maximum absolute atomic E-state index is 13.7. The van der Waals surface area contributed by atoms with Gasteiger partial charge in [-0.2, -0.15) is 9.61 Å². The van der Waals surface area contributed by atoms with Crippen molar-refractivity contribution in [3.8, 4) is 11.1 Å². The molecule has 0 radical (unpaired) electrons. The van der Waals surface area contributed by atoms with Crippen LogP contribution in [0.2, 0.25) is 10.2 Å². The fourth-order valence-electron chi connectivity index (χ4n) is 3.85. The van der Waals surface area contributed by atoms with Crippen LogP contribution >= 0.6 is 55.1 Å². The molecule has 0 amide bonds. The first-order chi connectivity index (χ1) is 14.3. The highest BCUT2D eigenvalue weighted by Gasteiger charge is 2.28. The number of nitrogens with zero attached hydrogens (tertiary/aromatic N) is 4. The van der Waals surface area contributed by atoms with Crippen LogP contribution in [0.15, 0.2) is 24.4 Å².